The molecular formula is C16H21NO2. The molecule has 0 saturated carbocycles. The van der Waals surface area contributed by atoms with E-state index in [1.807, 2.05) is 36.9 Å². The molecule has 1 fully saturated rings. The van der Waals surface area contributed by atoms with Gasteiger partial charge in [0.15, 0.2) is 0 Å². The Morgan fingerprint density at radius 2 is 2.16 bits per heavy atom. The van der Waals surface area contributed by atoms with E-state index in [1.165, 1.54) is 0 Å². The number of nitrogens with zero attached hydrogens (tertiary/aromatic N) is 1. The summed E-state index contributed by atoms with van der Waals surface area (Å²) in [7, 11) is 0. The number of para-hydroxylation sites is 1. The van der Waals surface area contributed by atoms with Crippen molar-refractivity contribution in [1.82, 2.24) is 4.90 Å². The molecule has 0 aromatic heterocycles. The minimum absolute atomic E-state index is 0.163. The lowest BCUT2D eigenvalue weighted by Gasteiger charge is -2.32. The van der Waals surface area contributed by atoms with Crippen molar-refractivity contribution in [3.8, 4) is 5.75 Å². The van der Waals surface area contributed by atoms with Gasteiger partial charge in [-0.1, -0.05) is 39.0 Å². The van der Waals surface area contributed by atoms with Crippen LogP contribution in [0.15, 0.2) is 24.3 Å². The molecule has 2 bridgehead atoms. The average Bonchev–Trinajstić information content (AvgIpc) is 2.76. The zero-order valence-corrected chi connectivity index (χ0v) is 11.8. The number of fused-ring (bicyclic) bond motifs is 4. The van der Waals surface area contributed by atoms with Crippen molar-refractivity contribution in [3.05, 3.63) is 29.8 Å². The van der Waals surface area contributed by atoms with Gasteiger partial charge in [-0.15, -0.1) is 0 Å². The van der Waals surface area contributed by atoms with Crippen LogP contribution in [0.1, 0.15) is 45.2 Å². The van der Waals surface area contributed by atoms with Crippen molar-refractivity contribution < 1.29 is 9.53 Å². The molecule has 0 N–H and O–H groups in total. The summed E-state index contributed by atoms with van der Waals surface area (Å²) < 4.78 is 5.96. The quantitative estimate of drug-likeness (QED) is 0.816. The van der Waals surface area contributed by atoms with E-state index < -0.39 is 0 Å². The summed E-state index contributed by atoms with van der Waals surface area (Å²) in [5.74, 6) is 1.20. The molecule has 2 atom stereocenters. The van der Waals surface area contributed by atoms with Gasteiger partial charge in [0, 0.05) is 17.4 Å². The summed E-state index contributed by atoms with van der Waals surface area (Å²) in [5.41, 5.74) is 0.878. The molecule has 0 radical (unpaired) electrons. The predicted molar refractivity (Wildman–Crippen MR) is 74.0 cm³/mol. The molecule has 3 rings (SSSR count). The molecular weight excluding hydrogens is 238 g/mol. The Kier molecular flexibility index (Phi) is 2.80. The third-order valence-corrected chi connectivity index (χ3v) is 4.56. The van der Waals surface area contributed by atoms with E-state index in [9.17, 15) is 4.79 Å². The lowest BCUT2D eigenvalue weighted by molar-refractivity contribution is -0.141. The fourth-order valence-electron chi connectivity index (χ4n) is 2.98. The van der Waals surface area contributed by atoms with Crippen LogP contribution in [0.5, 0.6) is 5.75 Å². The first-order chi connectivity index (χ1) is 9.03. The van der Waals surface area contributed by atoms with Gasteiger partial charge in [0.05, 0.1) is 12.6 Å². The Morgan fingerprint density at radius 1 is 1.42 bits per heavy atom. The summed E-state index contributed by atoms with van der Waals surface area (Å²) >= 11 is 0. The maximum absolute atomic E-state index is 12.7. The number of benzene rings is 1. The highest BCUT2D eigenvalue weighted by atomic mass is 16.5. The van der Waals surface area contributed by atoms with E-state index in [1.54, 1.807) is 0 Å². The van der Waals surface area contributed by atoms with Crippen LogP contribution in [-0.2, 0) is 4.79 Å². The normalized spacial score (nSPS) is 24.9. The average molecular weight is 259 g/mol. The number of ether oxygens (including phenoxy) is 1. The molecule has 1 aromatic rings. The molecule has 0 spiro atoms. The largest absolute Gasteiger partial charge is 0.488 e. The fourth-order valence-corrected chi connectivity index (χ4v) is 2.98. The molecule has 2 aliphatic heterocycles. The van der Waals surface area contributed by atoms with E-state index in [2.05, 4.69) is 13.0 Å². The third-order valence-electron chi connectivity index (χ3n) is 4.56. The molecule has 2 aliphatic rings. The smallest absolute Gasteiger partial charge is 0.228 e. The Labute approximate surface area is 114 Å². The molecule has 0 aliphatic carbocycles. The van der Waals surface area contributed by atoms with Crippen molar-refractivity contribution in [2.75, 3.05) is 6.54 Å². The van der Waals surface area contributed by atoms with Crippen molar-refractivity contribution in [1.29, 1.82) is 0 Å². The zero-order valence-electron chi connectivity index (χ0n) is 11.8. The third kappa shape index (κ3) is 1.92. The van der Waals surface area contributed by atoms with E-state index in [0.717, 1.165) is 30.7 Å². The summed E-state index contributed by atoms with van der Waals surface area (Å²) in [6.07, 6.45) is 1.96. The van der Waals surface area contributed by atoms with Crippen LogP contribution in [0.3, 0.4) is 0 Å². The summed E-state index contributed by atoms with van der Waals surface area (Å²) in [6.45, 7) is 6.86. The second kappa shape index (κ2) is 4.26. The summed E-state index contributed by atoms with van der Waals surface area (Å²) in [6, 6.07) is 8.31. The number of likely N-dealkylation sites (tertiary alicyclic amines) is 1. The maximum Gasteiger partial charge on any atom is 0.228 e. The molecule has 1 amide bonds. The number of carbonyl (C=O) groups is 1. The first-order valence-electron chi connectivity index (χ1n) is 7.09. The number of hydrogen-bond acceptors (Lipinski definition) is 2. The number of hydrogen-bond donors (Lipinski definition) is 0. The van der Waals surface area contributed by atoms with E-state index in [0.29, 0.717) is 0 Å². The van der Waals surface area contributed by atoms with Gasteiger partial charge in [0.25, 0.3) is 0 Å². The SMILES string of the molecule is CCC(C)(C)C(=O)N1C[C@@H]2C[C@H]1c1ccccc1O2. The second-order valence-corrected chi connectivity index (χ2v) is 6.22. The predicted octanol–water partition coefficient (Wildman–Crippen LogP) is 3.16. The van der Waals surface area contributed by atoms with Crippen molar-refractivity contribution >= 4 is 5.91 Å². The minimum atomic E-state index is -0.285. The van der Waals surface area contributed by atoms with Crippen LogP contribution >= 0.6 is 0 Å². The van der Waals surface area contributed by atoms with Crippen molar-refractivity contribution in [2.24, 2.45) is 5.41 Å². The van der Waals surface area contributed by atoms with Gasteiger partial charge in [-0.25, -0.2) is 0 Å². The van der Waals surface area contributed by atoms with Gasteiger partial charge >= 0.3 is 0 Å². The molecule has 1 aromatic carbocycles. The molecule has 1 saturated heterocycles. The van der Waals surface area contributed by atoms with Gasteiger partial charge < -0.3 is 9.64 Å². The van der Waals surface area contributed by atoms with Gasteiger partial charge in [-0.2, -0.15) is 0 Å². The highest BCUT2D eigenvalue weighted by Gasteiger charge is 2.45. The molecule has 0 unspecified atom stereocenters. The van der Waals surface area contributed by atoms with Crippen LogP contribution in [0.4, 0.5) is 0 Å². The molecule has 2 heterocycles. The Balaban J connectivity index is 1.94. The lowest BCUT2D eigenvalue weighted by Crippen LogP contribution is -2.40. The molecule has 102 valence electrons. The molecule has 3 heteroatoms. The van der Waals surface area contributed by atoms with Gasteiger partial charge in [-0.05, 0) is 12.5 Å². The highest BCUT2D eigenvalue weighted by molar-refractivity contribution is 5.83. The zero-order chi connectivity index (χ0) is 13.6. The first kappa shape index (κ1) is 12.5. The number of rotatable bonds is 2. The molecule has 3 nitrogen and oxygen atoms in total. The number of amides is 1. The van der Waals surface area contributed by atoms with Crippen LogP contribution in [0.2, 0.25) is 0 Å². The van der Waals surface area contributed by atoms with Gasteiger partial charge in [0.1, 0.15) is 11.9 Å². The van der Waals surface area contributed by atoms with Crippen LogP contribution in [0.25, 0.3) is 0 Å². The van der Waals surface area contributed by atoms with Crippen molar-refractivity contribution in [3.63, 3.8) is 0 Å². The Morgan fingerprint density at radius 3 is 2.89 bits per heavy atom. The van der Waals surface area contributed by atoms with E-state index in [4.69, 9.17) is 4.74 Å². The summed E-state index contributed by atoms with van der Waals surface area (Å²) in [4.78, 5) is 14.7. The van der Waals surface area contributed by atoms with E-state index >= 15 is 0 Å². The summed E-state index contributed by atoms with van der Waals surface area (Å²) in [5, 5.41) is 0. The standard InChI is InChI=1S/C16H21NO2/c1-4-16(2,3)15(18)17-10-11-9-13(17)12-7-5-6-8-14(12)19-11/h5-8,11,13H,4,9-10H2,1-3H3/t11-,13-/m0/s1. The monoisotopic (exact) mass is 259 g/mol. The molecule has 19 heavy (non-hydrogen) atoms. The van der Waals surface area contributed by atoms with Crippen LogP contribution in [0, 0.1) is 5.41 Å². The number of carbonyl (C=O) groups excluding carboxylic acids is 1. The topological polar surface area (TPSA) is 29.5 Å². The first-order valence-corrected chi connectivity index (χ1v) is 7.09. The van der Waals surface area contributed by atoms with Gasteiger partial charge in [-0.3, -0.25) is 4.79 Å². The van der Waals surface area contributed by atoms with Crippen molar-refractivity contribution in [2.45, 2.75) is 45.8 Å². The fraction of sp³-hybridized carbons (Fsp3) is 0.562. The highest BCUT2D eigenvalue weighted by Crippen LogP contribution is 2.44. The van der Waals surface area contributed by atoms with E-state index in [-0.39, 0.29) is 23.5 Å². The Hall–Kier alpha value is -1.51. The Bertz CT molecular complexity index is 509. The van der Waals surface area contributed by atoms with Crippen LogP contribution in [-0.4, -0.2) is 23.5 Å². The maximum atomic E-state index is 12.7. The lowest BCUT2D eigenvalue weighted by atomic mass is 9.88. The van der Waals surface area contributed by atoms with Gasteiger partial charge in [0.2, 0.25) is 5.91 Å². The van der Waals surface area contributed by atoms with Crippen LogP contribution < -0.4 is 4.74 Å². The minimum Gasteiger partial charge on any atom is -0.488 e. The second-order valence-electron chi connectivity index (χ2n) is 6.22.